The third-order valence-corrected chi connectivity index (χ3v) is 9.73. The molecule has 3 atom stereocenters. The first kappa shape index (κ1) is 51.4. The molecule has 0 aliphatic rings. The van der Waals surface area contributed by atoms with Gasteiger partial charge in [0, 0.05) is 13.0 Å². The lowest BCUT2D eigenvalue weighted by Gasteiger charge is -2.20. The van der Waals surface area contributed by atoms with Gasteiger partial charge in [-0.2, -0.15) is 0 Å². The molecule has 0 aromatic heterocycles. The van der Waals surface area contributed by atoms with Gasteiger partial charge in [-0.1, -0.05) is 165 Å². The fraction of sp³-hybridized carbons (Fsp3) is 0.791. The van der Waals surface area contributed by atoms with Gasteiger partial charge >= 0.3 is 13.8 Å². The number of hydrogen-bond acceptors (Lipinski definition) is 8. The second-order valence-corrected chi connectivity index (χ2v) is 15.4. The predicted molar refractivity (Wildman–Crippen MR) is 219 cm³/mol. The molecule has 9 nitrogen and oxygen atoms in total. The van der Waals surface area contributed by atoms with Crippen molar-refractivity contribution in [2.24, 2.45) is 0 Å². The molecule has 0 radical (unpaired) electrons. The Hall–Kier alpha value is -1.58. The summed E-state index contributed by atoms with van der Waals surface area (Å²) in [5.41, 5.74) is 0. The van der Waals surface area contributed by atoms with Gasteiger partial charge in [0.1, 0.15) is 12.2 Å². The van der Waals surface area contributed by atoms with E-state index in [1.54, 1.807) is 0 Å². The zero-order valence-electron chi connectivity index (χ0n) is 33.7. The number of rotatable bonds is 40. The van der Waals surface area contributed by atoms with Crippen molar-refractivity contribution < 1.29 is 43.0 Å². The highest BCUT2D eigenvalue weighted by atomic mass is 31.2. The summed E-state index contributed by atoms with van der Waals surface area (Å²) in [5, 5.41) is 18.3. The standard InChI is InChI=1S/C43H79O9P/c1-3-5-7-9-11-13-14-15-16-17-18-19-20-21-22-23-24-25-26-27-28-30-32-34-36-49-39-42(40-51-53(47,48)50-38-41(45)37-44)52-43(46)35-33-31-29-12-10-8-6-4-2/h5,7,11,13,15-16,18-19,41-42,44-45H,3-4,6,8-10,12,14,17,20-40H2,1-2H3,(H,47,48)/b7-5-,13-11-,16-15-,19-18-. The van der Waals surface area contributed by atoms with Gasteiger partial charge in [0.15, 0.2) is 0 Å². The van der Waals surface area contributed by atoms with Crippen LogP contribution in [0.25, 0.3) is 0 Å². The van der Waals surface area contributed by atoms with Crippen molar-refractivity contribution in [3.05, 3.63) is 48.6 Å². The first-order valence-electron chi connectivity index (χ1n) is 21.1. The third kappa shape index (κ3) is 39.9. The monoisotopic (exact) mass is 771 g/mol. The van der Waals surface area contributed by atoms with Crippen LogP contribution in [-0.4, -0.2) is 66.3 Å². The molecule has 0 fully saturated rings. The summed E-state index contributed by atoms with van der Waals surface area (Å²) >= 11 is 0. The van der Waals surface area contributed by atoms with Crippen LogP contribution in [0.5, 0.6) is 0 Å². The summed E-state index contributed by atoms with van der Waals surface area (Å²) in [4.78, 5) is 22.4. The van der Waals surface area contributed by atoms with Crippen molar-refractivity contribution in [2.45, 2.75) is 187 Å². The van der Waals surface area contributed by atoms with Crippen molar-refractivity contribution in [1.29, 1.82) is 0 Å². The fourth-order valence-electron chi connectivity index (χ4n) is 5.58. The van der Waals surface area contributed by atoms with E-state index in [4.69, 9.17) is 23.6 Å². The molecule has 3 unspecified atom stereocenters. The Kier molecular flexibility index (Phi) is 38.9. The Morgan fingerprint density at radius 3 is 1.62 bits per heavy atom. The molecule has 3 N–H and O–H groups in total. The Balaban J connectivity index is 4.00. The average Bonchev–Trinajstić information content (AvgIpc) is 3.15. The number of phosphoric acid groups is 1. The number of unbranched alkanes of at least 4 members (excludes halogenated alkanes) is 18. The summed E-state index contributed by atoms with van der Waals surface area (Å²) < 4.78 is 33.2. The molecule has 0 bridgehead atoms. The molecule has 0 amide bonds. The summed E-state index contributed by atoms with van der Waals surface area (Å²) in [7, 11) is -4.51. The number of ether oxygens (including phenoxy) is 2. The number of carbonyl (C=O) groups is 1. The van der Waals surface area contributed by atoms with Gasteiger partial charge in [-0.3, -0.25) is 13.8 Å². The van der Waals surface area contributed by atoms with E-state index in [-0.39, 0.29) is 25.6 Å². The topological polar surface area (TPSA) is 132 Å². The van der Waals surface area contributed by atoms with Crippen LogP contribution in [0.4, 0.5) is 0 Å². The van der Waals surface area contributed by atoms with Gasteiger partial charge < -0.3 is 24.6 Å². The number of esters is 1. The number of carbonyl (C=O) groups excluding carboxylic acids is 1. The highest BCUT2D eigenvalue weighted by Crippen LogP contribution is 2.43. The second-order valence-electron chi connectivity index (χ2n) is 14.0. The van der Waals surface area contributed by atoms with Crippen LogP contribution in [0.2, 0.25) is 0 Å². The van der Waals surface area contributed by atoms with E-state index in [9.17, 15) is 19.4 Å². The zero-order chi connectivity index (χ0) is 38.9. The quantitative estimate of drug-likeness (QED) is 0.0241. The van der Waals surface area contributed by atoms with E-state index < -0.39 is 33.2 Å². The lowest BCUT2D eigenvalue weighted by atomic mass is 10.1. The van der Waals surface area contributed by atoms with E-state index in [1.807, 2.05) is 0 Å². The molecule has 53 heavy (non-hydrogen) atoms. The number of aliphatic hydroxyl groups is 2. The van der Waals surface area contributed by atoms with Crippen LogP contribution in [0.3, 0.4) is 0 Å². The van der Waals surface area contributed by atoms with E-state index >= 15 is 0 Å². The highest BCUT2D eigenvalue weighted by molar-refractivity contribution is 7.47. The van der Waals surface area contributed by atoms with Gasteiger partial charge in [0.25, 0.3) is 0 Å². The minimum Gasteiger partial charge on any atom is -0.457 e. The van der Waals surface area contributed by atoms with Gasteiger partial charge in [0.2, 0.25) is 0 Å². The normalized spacial score (nSPS) is 14.6. The molecule has 0 aliphatic heterocycles. The number of hydrogen-bond donors (Lipinski definition) is 3. The maximum atomic E-state index is 12.5. The molecule has 0 aromatic carbocycles. The van der Waals surface area contributed by atoms with Crippen LogP contribution >= 0.6 is 7.82 Å². The van der Waals surface area contributed by atoms with E-state index in [0.29, 0.717) is 6.61 Å². The molecule has 0 aliphatic carbocycles. The minimum atomic E-state index is -4.51. The smallest absolute Gasteiger partial charge is 0.457 e. The van der Waals surface area contributed by atoms with Crippen molar-refractivity contribution in [3.63, 3.8) is 0 Å². The Bertz CT molecular complexity index is 965. The van der Waals surface area contributed by atoms with Crippen molar-refractivity contribution in [3.8, 4) is 0 Å². The SMILES string of the molecule is CC/C=C\C/C=C\C/C=C\C/C=C\CCCCCCCCCCCCCOCC(COP(=O)(O)OCC(O)CO)OC(=O)CCCCCCCCCC. The molecule has 0 heterocycles. The first-order valence-corrected chi connectivity index (χ1v) is 22.6. The molecule has 0 saturated heterocycles. The van der Waals surface area contributed by atoms with Crippen molar-refractivity contribution in [2.75, 3.05) is 33.0 Å². The number of phosphoric ester groups is 1. The molecule has 0 spiro atoms. The molecular formula is C43H79O9P. The fourth-order valence-corrected chi connectivity index (χ4v) is 6.37. The number of aliphatic hydroxyl groups excluding tert-OH is 2. The first-order chi connectivity index (χ1) is 25.8. The van der Waals surface area contributed by atoms with Gasteiger partial charge in [-0.25, -0.2) is 4.57 Å². The molecule has 0 saturated carbocycles. The lowest BCUT2D eigenvalue weighted by Crippen LogP contribution is -2.29. The minimum absolute atomic E-state index is 0.0475. The zero-order valence-corrected chi connectivity index (χ0v) is 34.6. The lowest BCUT2D eigenvalue weighted by molar-refractivity contribution is -0.154. The molecule has 310 valence electrons. The summed E-state index contributed by atoms with van der Waals surface area (Å²) in [6.07, 6.45) is 43.8. The summed E-state index contributed by atoms with van der Waals surface area (Å²) in [6, 6.07) is 0. The second kappa shape index (κ2) is 40.1. The molecule has 10 heteroatoms. The molecule has 0 aromatic rings. The Morgan fingerprint density at radius 2 is 1.08 bits per heavy atom. The van der Waals surface area contributed by atoms with Crippen molar-refractivity contribution >= 4 is 13.8 Å². The van der Waals surface area contributed by atoms with E-state index in [0.717, 1.165) is 64.2 Å². The van der Waals surface area contributed by atoms with E-state index in [1.165, 1.54) is 89.9 Å². The van der Waals surface area contributed by atoms with Gasteiger partial charge in [-0.15, -0.1) is 0 Å². The van der Waals surface area contributed by atoms with Crippen molar-refractivity contribution in [1.82, 2.24) is 0 Å². The largest absolute Gasteiger partial charge is 0.472 e. The summed E-state index contributed by atoms with van der Waals surface area (Å²) in [5.74, 6) is -0.389. The predicted octanol–water partition coefficient (Wildman–Crippen LogP) is 11.4. The Morgan fingerprint density at radius 1 is 0.604 bits per heavy atom. The van der Waals surface area contributed by atoms with Crippen LogP contribution in [0.1, 0.15) is 174 Å². The van der Waals surface area contributed by atoms with Gasteiger partial charge in [-0.05, 0) is 51.4 Å². The number of allylic oxidation sites excluding steroid dienone is 8. The maximum absolute atomic E-state index is 12.5. The van der Waals surface area contributed by atoms with Crippen LogP contribution in [0, 0.1) is 0 Å². The highest BCUT2D eigenvalue weighted by Gasteiger charge is 2.26. The molecule has 0 rings (SSSR count). The van der Waals surface area contributed by atoms with Gasteiger partial charge in [0.05, 0.1) is 26.4 Å². The summed E-state index contributed by atoms with van der Waals surface area (Å²) in [6.45, 7) is 3.36. The van der Waals surface area contributed by atoms with Crippen LogP contribution in [-0.2, 0) is 27.9 Å². The third-order valence-electron chi connectivity index (χ3n) is 8.78. The van der Waals surface area contributed by atoms with Crippen LogP contribution < -0.4 is 0 Å². The van der Waals surface area contributed by atoms with Crippen LogP contribution in [0.15, 0.2) is 48.6 Å². The maximum Gasteiger partial charge on any atom is 0.472 e. The Labute approximate surface area is 324 Å². The van der Waals surface area contributed by atoms with E-state index in [2.05, 4.69) is 62.5 Å². The average molecular weight is 771 g/mol. The molecular weight excluding hydrogens is 691 g/mol.